The van der Waals surface area contributed by atoms with Crippen molar-refractivity contribution in [2.45, 2.75) is 50.2 Å². The van der Waals surface area contributed by atoms with E-state index in [4.69, 9.17) is 0 Å². The van der Waals surface area contributed by atoms with E-state index in [-0.39, 0.29) is 13.0 Å². The van der Waals surface area contributed by atoms with Crippen LogP contribution in [0.15, 0.2) is 30.3 Å². The van der Waals surface area contributed by atoms with Crippen LogP contribution >= 0.6 is 0 Å². The molecule has 5 N–H and O–H groups in total. The third-order valence-corrected chi connectivity index (χ3v) is 6.60. The van der Waals surface area contributed by atoms with Crippen molar-refractivity contribution >= 4 is 29.8 Å². The number of aliphatic carboxylic acids is 5. The zero-order valence-electron chi connectivity index (χ0n) is 21.0. The Kier molecular flexibility index (Phi) is 12.1. The number of hydrogen-bond donors (Lipinski definition) is 5. The highest BCUT2D eigenvalue weighted by Gasteiger charge is 2.38. The highest BCUT2D eigenvalue weighted by molar-refractivity contribution is 5.73. The molecule has 13 heteroatoms. The molecule has 1 aromatic carbocycles. The Hall–Kier alpha value is -3.55. The minimum Gasteiger partial charge on any atom is -0.480 e. The molecule has 13 nitrogen and oxygen atoms in total. The molecule has 38 heavy (non-hydrogen) atoms. The fourth-order valence-electron chi connectivity index (χ4n) is 5.20. The lowest BCUT2D eigenvalue weighted by molar-refractivity contribution is -0.146. The number of carbonyl (C=O) groups is 5. The first kappa shape index (κ1) is 30.7. The second kappa shape index (κ2) is 15.0. The van der Waals surface area contributed by atoms with Gasteiger partial charge in [0.25, 0.3) is 0 Å². The Labute approximate surface area is 219 Å². The Morgan fingerprint density at radius 3 is 1.53 bits per heavy atom. The van der Waals surface area contributed by atoms with Gasteiger partial charge in [0.2, 0.25) is 0 Å². The molecule has 0 spiro atoms. The first-order chi connectivity index (χ1) is 18.0. The van der Waals surface area contributed by atoms with E-state index in [0.29, 0.717) is 25.7 Å². The van der Waals surface area contributed by atoms with Crippen molar-refractivity contribution in [3.8, 4) is 0 Å². The lowest BCUT2D eigenvalue weighted by atomic mass is 9.87. The average Bonchev–Trinajstić information content (AvgIpc) is 2.81. The lowest BCUT2D eigenvalue weighted by Crippen LogP contribution is -2.59. The summed E-state index contributed by atoms with van der Waals surface area (Å²) < 4.78 is 0. The number of nitrogens with zero attached hydrogens (tertiary/aromatic N) is 3. The molecule has 1 aliphatic rings. The highest BCUT2D eigenvalue weighted by atomic mass is 16.4. The molecule has 3 atom stereocenters. The highest BCUT2D eigenvalue weighted by Crippen LogP contribution is 2.28. The van der Waals surface area contributed by atoms with Crippen LogP contribution < -0.4 is 0 Å². The summed E-state index contributed by atoms with van der Waals surface area (Å²) in [5, 5.41) is 47.4. The summed E-state index contributed by atoms with van der Waals surface area (Å²) >= 11 is 0. The molecular formula is C25H35N3O10. The summed E-state index contributed by atoms with van der Waals surface area (Å²) in [4.78, 5) is 62.3. The molecule has 0 saturated heterocycles. The summed E-state index contributed by atoms with van der Waals surface area (Å²) in [6.07, 6.45) is 2.59. The van der Waals surface area contributed by atoms with Crippen LogP contribution in [-0.2, 0) is 30.4 Å². The average molecular weight is 538 g/mol. The topological polar surface area (TPSA) is 196 Å². The number of hydrogen-bond acceptors (Lipinski definition) is 8. The van der Waals surface area contributed by atoms with Gasteiger partial charge in [-0.15, -0.1) is 0 Å². The predicted octanol–water partition coefficient (Wildman–Crippen LogP) is 0.238. The van der Waals surface area contributed by atoms with E-state index in [1.54, 1.807) is 35.2 Å². The van der Waals surface area contributed by atoms with Gasteiger partial charge in [-0.25, -0.2) is 0 Å². The molecule has 1 aromatic rings. The third kappa shape index (κ3) is 10.4. The molecule has 0 radical (unpaired) electrons. The number of carboxylic acids is 5. The molecule has 0 aliphatic heterocycles. The van der Waals surface area contributed by atoms with Crippen LogP contribution in [0.3, 0.4) is 0 Å². The summed E-state index contributed by atoms with van der Waals surface area (Å²) in [6, 6.07) is 7.17. The second-order valence-corrected chi connectivity index (χ2v) is 9.47. The van der Waals surface area contributed by atoms with E-state index >= 15 is 0 Å². The summed E-state index contributed by atoms with van der Waals surface area (Å²) in [7, 11) is 0. The third-order valence-electron chi connectivity index (χ3n) is 6.60. The van der Waals surface area contributed by atoms with Gasteiger partial charge in [0.15, 0.2) is 0 Å². The van der Waals surface area contributed by atoms with Crippen LogP contribution in [0.1, 0.15) is 31.2 Å². The van der Waals surface area contributed by atoms with Gasteiger partial charge in [-0.05, 0) is 24.8 Å². The molecule has 0 heterocycles. The van der Waals surface area contributed by atoms with Gasteiger partial charge in [0.05, 0.1) is 32.7 Å². The molecule has 0 aromatic heterocycles. The first-order valence-corrected chi connectivity index (χ1v) is 12.3. The lowest BCUT2D eigenvalue weighted by Gasteiger charge is -2.45. The maximum absolute atomic E-state index is 11.9. The molecule has 210 valence electrons. The normalized spacial score (nSPS) is 18.4. The van der Waals surface area contributed by atoms with E-state index in [2.05, 4.69) is 0 Å². The Morgan fingerprint density at radius 2 is 1.08 bits per heavy atom. The van der Waals surface area contributed by atoms with E-state index in [0.717, 1.165) is 5.56 Å². The van der Waals surface area contributed by atoms with E-state index < -0.39 is 80.7 Å². The van der Waals surface area contributed by atoms with Gasteiger partial charge in [-0.3, -0.25) is 38.7 Å². The molecule has 2 rings (SSSR count). The van der Waals surface area contributed by atoms with E-state index in [9.17, 15) is 49.5 Å². The Bertz CT molecular complexity index is 941. The summed E-state index contributed by atoms with van der Waals surface area (Å²) in [6.45, 7) is -2.71. The van der Waals surface area contributed by atoms with Crippen molar-refractivity contribution in [2.75, 3.05) is 39.3 Å². The SMILES string of the molecule is O=C(O)CN(CC(=O)O)[C@H](Cc1ccccc1)CN(CC(=O)O)[C@H]1CCCC[C@H]1N(CC(=O)O)CC(=O)O. The largest absolute Gasteiger partial charge is 0.480 e. The smallest absolute Gasteiger partial charge is 0.317 e. The van der Waals surface area contributed by atoms with Gasteiger partial charge in [0, 0.05) is 24.7 Å². The van der Waals surface area contributed by atoms with Crippen molar-refractivity contribution in [3.63, 3.8) is 0 Å². The molecular weight excluding hydrogens is 502 g/mol. The fraction of sp³-hybridized carbons (Fsp3) is 0.560. The molecule has 1 fully saturated rings. The molecule has 1 saturated carbocycles. The van der Waals surface area contributed by atoms with Gasteiger partial charge in [-0.2, -0.15) is 0 Å². The maximum atomic E-state index is 11.9. The van der Waals surface area contributed by atoms with Crippen LogP contribution in [-0.4, -0.2) is 127 Å². The number of benzene rings is 1. The second-order valence-electron chi connectivity index (χ2n) is 9.47. The van der Waals surface area contributed by atoms with Crippen LogP contribution in [0.5, 0.6) is 0 Å². The minimum atomic E-state index is -1.24. The fourth-order valence-corrected chi connectivity index (χ4v) is 5.20. The van der Waals surface area contributed by atoms with Crippen molar-refractivity contribution in [1.29, 1.82) is 0 Å². The van der Waals surface area contributed by atoms with E-state index in [1.807, 2.05) is 0 Å². The number of carboxylic acid groups (broad SMARTS) is 5. The van der Waals surface area contributed by atoms with Gasteiger partial charge in [0.1, 0.15) is 0 Å². The molecule has 0 unspecified atom stereocenters. The molecule has 1 aliphatic carbocycles. The Morgan fingerprint density at radius 1 is 0.658 bits per heavy atom. The number of rotatable bonds is 17. The van der Waals surface area contributed by atoms with Crippen LogP contribution in [0.25, 0.3) is 0 Å². The quantitative estimate of drug-likeness (QED) is 0.181. The predicted molar refractivity (Wildman–Crippen MR) is 133 cm³/mol. The van der Waals surface area contributed by atoms with Crippen LogP contribution in [0.4, 0.5) is 0 Å². The van der Waals surface area contributed by atoms with Gasteiger partial charge in [-0.1, -0.05) is 43.2 Å². The zero-order chi connectivity index (χ0) is 28.2. The molecule has 0 amide bonds. The monoisotopic (exact) mass is 537 g/mol. The van der Waals surface area contributed by atoms with Crippen molar-refractivity contribution in [1.82, 2.24) is 14.7 Å². The van der Waals surface area contributed by atoms with Crippen molar-refractivity contribution in [3.05, 3.63) is 35.9 Å². The first-order valence-electron chi connectivity index (χ1n) is 12.3. The zero-order valence-corrected chi connectivity index (χ0v) is 21.0. The standard InChI is InChI=1S/C25H35N3O10/c29-21(30)12-26(13-22(31)32)18(10-17-6-2-1-3-7-17)11-27(14-23(33)34)19-8-4-5-9-20(19)28(15-24(35)36)16-25(37)38/h1-3,6-7,18-20H,4-5,8-16H2,(H,29,30)(H,31,32)(H,33,34)(H,35,36)(H,37,38)/t18-,19+,20-/m1/s1. The van der Waals surface area contributed by atoms with Crippen LogP contribution in [0.2, 0.25) is 0 Å². The van der Waals surface area contributed by atoms with Gasteiger partial charge >= 0.3 is 29.8 Å². The van der Waals surface area contributed by atoms with Crippen molar-refractivity contribution < 1.29 is 49.5 Å². The molecule has 0 bridgehead atoms. The minimum absolute atomic E-state index is 0.0170. The van der Waals surface area contributed by atoms with Crippen LogP contribution in [0, 0.1) is 0 Å². The van der Waals surface area contributed by atoms with E-state index in [1.165, 1.54) is 9.80 Å². The Balaban J connectivity index is 2.47. The summed E-state index contributed by atoms with van der Waals surface area (Å²) in [5.74, 6) is -6.07. The van der Waals surface area contributed by atoms with Gasteiger partial charge < -0.3 is 25.5 Å². The maximum Gasteiger partial charge on any atom is 0.317 e. The van der Waals surface area contributed by atoms with Crippen molar-refractivity contribution in [2.24, 2.45) is 0 Å². The summed E-state index contributed by atoms with van der Waals surface area (Å²) in [5.41, 5.74) is 0.798.